The first-order valence-corrected chi connectivity index (χ1v) is 10.2. The highest BCUT2D eigenvalue weighted by molar-refractivity contribution is 7.92. The molecule has 0 spiro atoms. The zero-order valence-corrected chi connectivity index (χ0v) is 14.5. The van der Waals surface area contributed by atoms with E-state index in [2.05, 4.69) is 26.1 Å². The van der Waals surface area contributed by atoms with Crippen molar-refractivity contribution in [2.75, 3.05) is 18.9 Å². The first-order valence-electron chi connectivity index (χ1n) is 8.50. The first-order chi connectivity index (χ1) is 9.94. The Morgan fingerprint density at radius 3 is 2.62 bits per heavy atom. The van der Waals surface area contributed by atoms with Crippen LogP contribution in [0.15, 0.2) is 0 Å². The van der Waals surface area contributed by atoms with E-state index in [1.54, 1.807) is 0 Å². The summed E-state index contributed by atoms with van der Waals surface area (Å²) in [5.74, 6) is 1.04. The van der Waals surface area contributed by atoms with Crippen molar-refractivity contribution in [3.63, 3.8) is 0 Å². The molecule has 1 saturated heterocycles. The Kier molecular flexibility index (Phi) is 6.09. The standard InChI is InChI=1S/C16H31NO3S/c1-4-7-17-15-10-12(2)9-13(3)16(15)21(18,19)11-14-6-5-8-20-14/h12-17H,4-11H2,1-3H3. The van der Waals surface area contributed by atoms with Gasteiger partial charge >= 0.3 is 0 Å². The second-order valence-corrected chi connectivity index (χ2v) is 9.25. The van der Waals surface area contributed by atoms with Crippen LogP contribution in [0.2, 0.25) is 0 Å². The minimum absolute atomic E-state index is 0.0756. The molecule has 0 aromatic rings. The topological polar surface area (TPSA) is 55.4 Å². The normalized spacial score (nSPS) is 37.8. The van der Waals surface area contributed by atoms with Gasteiger partial charge in [-0.2, -0.15) is 0 Å². The van der Waals surface area contributed by atoms with E-state index in [9.17, 15) is 8.42 Å². The number of ether oxygens (including phenoxy) is 1. The zero-order valence-electron chi connectivity index (χ0n) is 13.7. The fraction of sp³-hybridized carbons (Fsp3) is 1.00. The third-order valence-corrected chi connectivity index (χ3v) is 7.36. The molecule has 21 heavy (non-hydrogen) atoms. The lowest BCUT2D eigenvalue weighted by Gasteiger charge is -2.40. The monoisotopic (exact) mass is 317 g/mol. The van der Waals surface area contributed by atoms with Gasteiger partial charge in [0.1, 0.15) is 0 Å². The molecule has 2 fully saturated rings. The molecule has 0 aromatic heterocycles. The summed E-state index contributed by atoms with van der Waals surface area (Å²) < 4.78 is 31.4. The third-order valence-electron chi connectivity index (χ3n) is 4.90. The SMILES string of the molecule is CCCNC1CC(C)CC(C)C1S(=O)(=O)CC1CCCO1. The van der Waals surface area contributed by atoms with E-state index in [0.29, 0.717) is 5.92 Å². The van der Waals surface area contributed by atoms with Crippen molar-refractivity contribution in [1.29, 1.82) is 0 Å². The third kappa shape index (κ3) is 4.42. The summed E-state index contributed by atoms with van der Waals surface area (Å²) in [4.78, 5) is 0. The molecule has 5 unspecified atom stereocenters. The Labute approximate surface area is 129 Å². The van der Waals surface area contributed by atoms with Gasteiger partial charge in [-0.25, -0.2) is 8.42 Å². The number of hydrogen-bond acceptors (Lipinski definition) is 4. The fourth-order valence-electron chi connectivity index (χ4n) is 4.11. The highest BCUT2D eigenvalue weighted by Gasteiger charge is 2.43. The van der Waals surface area contributed by atoms with E-state index in [-0.39, 0.29) is 29.1 Å². The second-order valence-electron chi connectivity index (χ2n) is 7.04. The summed E-state index contributed by atoms with van der Waals surface area (Å²) in [5.41, 5.74) is 0. The van der Waals surface area contributed by atoms with E-state index in [0.717, 1.165) is 45.3 Å². The minimum atomic E-state index is -3.11. The average Bonchev–Trinajstić information content (AvgIpc) is 2.86. The Hall–Kier alpha value is -0.130. The van der Waals surface area contributed by atoms with Gasteiger partial charge in [0.25, 0.3) is 0 Å². The molecule has 1 aliphatic carbocycles. The van der Waals surface area contributed by atoms with Crippen molar-refractivity contribution < 1.29 is 13.2 Å². The first kappa shape index (κ1) is 17.2. The molecule has 5 heteroatoms. The molecule has 0 aromatic carbocycles. The van der Waals surface area contributed by atoms with Gasteiger partial charge in [-0.1, -0.05) is 20.8 Å². The van der Waals surface area contributed by atoms with E-state index in [4.69, 9.17) is 4.74 Å². The van der Waals surface area contributed by atoms with Gasteiger partial charge in [0.2, 0.25) is 0 Å². The van der Waals surface area contributed by atoms with Crippen LogP contribution in [0.4, 0.5) is 0 Å². The molecule has 5 atom stereocenters. The average molecular weight is 317 g/mol. The lowest BCUT2D eigenvalue weighted by atomic mass is 9.80. The van der Waals surface area contributed by atoms with Crippen LogP contribution in [0.3, 0.4) is 0 Å². The summed E-state index contributed by atoms with van der Waals surface area (Å²) in [5, 5.41) is 3.25. The molecule has 0 radical (unpaired) electrons. The Morgan fingerprint density at radius 1 is 1.24 bits per heavy atom. The molecule has 124 valence electrons. The van der Waals surface area contributed by atoms with Crippen molar-refractivity contribution in [2.45, 2.75) is 70.3 Å². The molecule has 0 amide bonds. The van der Waals surface area contributed by atoms with Crippen LogP contribution >= 0.6 is 0 Å². The molecule has 1 heterocycles. The second kappa shape index (κ2) is 7.42. The van der Waals surface area contributed by atoms with Crippen LogP contribution in [0.5, 0.6) is 0 Å². The van der Waals surface area contributed by atoms with Gasteiger partial charge in [0.15, 0.2) is 9.84 Å². The van der Waals surface area contributed by atoms with Crippen molar-refractivity contribution in [3.05, 3.63) is 0 Å². The van der Waals surface area contributed by atoms with E-state index in [1.807, 2.05) is 0 Å². The fourth-order valence-corrected chi connectivity index (χ4v) is 6.64. The van der Waals surface area contributed by atoms with Gasteiger partial charge in [0, 0.05) is 12.6 Å². The van der Waals surface area contributed by atoms with E-state index >= 15 is 0 Å². The molecular formula is C16H31NO3S. The quantitative estimate of drug-likeness (QED) is 0.817. The van der Waals surface area contributed by atoms with Crippen LogP contribution in [-0.4, -0.2) is 44.7 Å². The van der Waals surface area contributed by atoms with Gasteiger partial charge in [-0.05, 0) is 50.5 Å². The maximum atomic E-state index is 12.9. The van der Waals surface area contributed by atoms with Gasteiger partial charge in [-0.15, -0.1) is 0 Å². The van der Waals surface area contributed by atoms with Crippen LogP contribution in [0, 0.1) is 11.8 Å². The van der Waals surface area contributed by atoms with Gasteiger partial charge in [-0.3, -0.25) is 0 Å². The van der Waals surface area contributed by atoms with Crippen LogP contribution in [-0.2, 0) is 14.6 Å². The summed E-state index contributed by atoms with van der Waals surface area (Å²) in [6.07, 6.45) is 4.84. The summed E-state index contributed by atoms with van der Waals surface area (Å²) in [6, 6.07) is 0.107. The number of nitrogens with one attached hydrogen (secondary N) is 1. The molecule has 1 N–H and O–H groups in total. The Bertz CT molecular complexity index is 417. The van der Waals surface area contributed by atoms with E-state index in [1.165, 1.54) is 0 Å². The molecule has 1 saturated carbocycles. The highest BCUT2D eigenvalue weighted by Crippen LogP contribution is 2.34. The molecule has 2 aliphatic rings. The van der Waals surface area contributed by atoms with Crippen molar-refractivity contribution in [1.82, 2.24) is 5.32 Å². The van der Waals surface area contributed by atoms with Crippen LogP contribution in [0.25, 0.3) is 0 Å². The molecule has 0 bridgehead atoms. The summed E-state index contributed by atoms with van der Waals surface area (Å²) in [7, 11) is -3.11. The number of sulfone groups is 1. The number of hydrogen-bond donors (Lipinski definition) is 1. The molecular weight excluding hydrogens is 286 g/mol. The molecule has 1 aliphatic heterocycles. The van der Waals surface area contributed by atoms with Gasteiger partial charge in [0.05, 0.1) is 17.1 Å². The Morgan fingerprint density at radius 2 is 2.00 bits per heavy atom. The molecule has 2 rings (SSSR count). The highest BCUT2D eigenvalue weighted by atomic mass is 32.2. The Balaban J connectivity index is 2.10. The van der Waals surface area contributed by atoms with Gasteiger partial charge < -0.3 is 10.1 Å². The minimum Gasteiger partial charge on any atom is -0.377 e. The lowest BCUT2D eigenvalue weighted by Crippen LogP contribution is -2.53. The maximum absolute atomic E-state index is 12.9. The van der Waals surface area contributed by atoms with Crippen LogP contribution < -0.4 is 5.32 Å². The zero-order chi connectivity index (χ0) is 15.5. The van der Waals surface area contributed by atoms with Crippen molar-refractivity contribution in [2.24, 2.45) is 11.8 Å². The summed E-state index contributed by atoms with van der Waals surface area (Å²) >= 11 is 0. The number of rotatable bonds is 6. The lowest BCUT2D eigenvalue weighted by molar-refractivity contribution is 0.126. The van der Waals surface area contributed by atoms with Crippen molar-refractivity contribution >= 4 is 9.84 Å². The maximum Gasteiger partial charge on any atom is 0.157 e. The van der Waals surface area contributed by atoms with Crippen molar-refractivity contribution in [3.8, 4) is 0 Å². The summed E-state index contributed by atoms with van der Waals surface area (Å²) in [6.45, 7) is 8.08. The largest absolute Gasteiger partial charge is 0.377 e. The smallest absolute Gasteiger partial charge is 0.157 e. The van der Waals surface area contributed by atoms with E-state index < -0.39 is 9.84 Å². The molecule has 4 nitrogen and oxygen atoms in total. The predicted molar refractivity (Wildman–Crippen MR) is 86.2 cm³/mol. The predicted octanol–water partition coefficient (Wildman–Crippen LogP) is 2.38. The van der Waals surface area contributed by atoms with Crippen LogP contribution in [0.1, 0.15) is 52.9 Å².